The van der Waals surface area contributed by atoms with E-state index in [0.29, 0.717) is 29.6 Å². The molecule has 0 radical (unpaired) electrons. The van der Waals surface area contributed by atoms with E-state index in [-0.39, 0.29) is 17.7 Å². The fourth-order valence-corrected chi connectivity index (χ4v) is 4.03. The van der Waals surface area contributed by atoms with Crippen molar-refractivity contribution in [2.75, 3.05) is 26.2 Å². The predicted octanol–water partition coefficient (Wildman–Crippen LogP) is 4.07. The molecule has 1 aromatic carbocycles. The van der Waals surface area contributed by atoms with E-state index in [1.54, 1.807) is 29.2 Å². The first kappa shape index (κ1) is 18.1. The molecule has 142 valence electrons. The summed E-state index contributed by atoms with van der Waals surface area (Å²) in [6.45, 7) is 2.97. The summed E-state index contributed by atoms with van der Waals surface area (Å²) in [5.41, 5.74) is 0.883. The molecule has 2 aliphatic heterocycles. The Labute approximate surface area is 163 Å². The highest BCUT2D eigenvalue weighted by Crippen LogP contribution is 2.26. The van der Waals surface area contributed by atoms with Crippen molar-refractivity contribution in [3.05, 3.63) is 47.2 Å². The Morgan fingerprint density at radius 2 is 1.56 bits per heavy atom. The number of amides is 2. The number of likely N-dealkylation sites (tertiary alicyclic amines) is 2. The molecule has 0 bridgehead atoms. The van der Waals surface area contributed by atoms with Crippen molar-refractivity contribution in [2.24, 2.45) is 5.92 Å². The topological polar surface area (TPSA) is 53.8 Å². The van der Waals surface area contributed by atoms with Crippen molar-refractivity contribution in [2.45, 2.75) is 25.7 Å². The maximum Gasteiger partial charge on any atom is 0.289 e. The molecule has 5 nitrogen and oxygen atoms in total. The molecule has 4 rings (SSSR count). The smallest absolute Gasteiger partial charge is 0.289 e. The van der Waals surface area contributed by atoms with Crippen molar-refractivity contribution >= 4 is 23.4 Å². The highest BCUT2D eigenvalue weighted by atomic mass is 35.5. The average Bonchev–Trinajstić information content (AvgIpc) is 3.40. The molecule has 0 saturated carbocycles. The van der Waals surface area contributed by atoms with E-state index in [1.165, 1.54) is 0 Å². The van der Waals surface area contributed by atoms with Crippen LogP contribution in [0.3, 0.4) is 0 Å². The van der Waals surface area contributed by atoms with Crippen molar-refractivity contribution in [3.8, 4) is 11.3 Å². The lowest BCUT2D eigenvalue weighted by Crippen LogP contribution is -2.43. The van der Waals surface area contributed by atoms with Crippen LogP contribution >= 0.6 is 11.6 Å². The molecule has 0 atom stereocenters. The van der Waals surface area contributed by atoms with E-state index < -0.39 is 0 Å². The van der Waals surface area contributed by atoms with Crippen LogP contribution in [0, 0.1) is 5.92 Å². The van der Waals surface area contributed by atoms with Crippen molar-refractivity contribution in [1.29, 1.82) is 0 Å². The molecule has 2 amide bonds. The lowest BCUT2D eigenvalue weighted by molar-refractivity contribution is -0.135. The summed E-state index contributed by atoms with van der Waals surface area (Å²) in [5, 5.41) is 0.660. The second-order valence-corrected chi connectivity index (χ2v) is 7.71. The Hall–Kier alpha value is -2.27. The Morgan fingerprint density at radius 3 is 2.22 bits per heavy atom. The van der Waals surface area contributed by atoms with E-state index in [9.17, 15) is 9.59 Å². The number of benzene rings is 1. The summed E-state index contributed by atoms with van der Waals surface area (Å²) in [4.78, 5) is 29.0. The van der Waals surface area contributed by atoms with Gasteiger partial charge in [0.05, 0.1) is 0 Å². The Morgan fingerprint density at radius 1 is 0.889 bits per heavy atom. The molecule has 6 heteroatoms. The van der Waals surface area contributed by atoms with Gasteiger partial charge in [0.2, 0.25) is 5.91 Å². The number of furan rings is 1. The van der Waals surface area contributed by atoms with Crippen molar-refractivity contribution < 1.29 is 14.0 Å². The summed E-state index contributed by atoms with van der Waals surface area (Å²) >= 11 is 5.91. The fraction of sp³-hybridized carbons (Fsp3) is 0.429. The van der Waals surface area contributed by atoms with Gasteiger partial charge in [0.25, 0.3) is 5.91 Å². The molecule has 0 N–H and O–H groups in total. The molecule has 2 fully saturated rings. The summed E-state index contributed by atoms with van der Waals surface area (Å²) in [5.74, 6) is 1.19. The lowest BCUT2D eigenvalue weighted by Gasteiger charge is -2.32. The van der Waals surface area contributed by atoms with Gasteiger partial charge in [0, 0.05) is 42.7 Å². The van der Waals surface area contributed by atoms with Crippen molar-refractivity contribution in [1.82, 2.24) is 9.80 Å². The summed E-state index contributed by atoms with van der Waals surface area (Å²) < 4.78 is 5.77. The van der Waals surface area contributed by atoms with Gasteiger partial charge < -0.3 is 14.2 Å². The highest BCUT2D eigenvalue weighted by Gasteiger charge is 2.32. The van der Waals surface area contributed by atoms with Crippen LogP contribution in [0.1, 0.15) is 36.2 Å². The molecular formula is C21H23ClN2O3. The second-order valence-electron chi connectivity index (χ2n) is 7.27. The van der Waals surface area contributed by atoms with E-state index in [0.717, 1.165) is 44.3 Å². The van der Waals surface area contributed by atoms with Gasteiger partial charge in [-0.25, -0.2) is 0 Å². The zero-order valence-corrected chi connectivity index (χ0v) is 16.0. The van der Waals surface area contributed by atoms with Gasteiger partial charge in [0.1, 0.15) is 5.76 Å². The summed E-state index contributed by atoms with van der Waals surface area (Å²) in [7, 11) is 0. The largest absolute Gasteiger partial charge is 0.451 e. The monoisotopic (exact) mass is 386 g/mol. The number of piperidine rings is 1. The number of hydrogen-bond acceptors (Lipinski definition) is 3. The molecular weight excluding hydrogens is 364 g/mol. The lowest BCUT2D eigenvalue weighted by atomic mass is 9.95. The standard InChI is InChI=1S/C21H23ClN2O3/c22-17-5-3-15(4-6-17)18-7-8-19(27-18)21(26)24-13-9-16(10-14-24)20(25)23-11-1-2-12-23/h3-8,16H,1-2,9-14H2. The third-order valence-corrected chi connectivity index (χ3v) is 5.75. The maximum absolute atomic E-state index is 12.7. The average molecular weight is 387 g/mol. The first-order chi connectivity index (χ1) is 13.1. The zero-order valence-electron chi connectivity index (χ0n) is 15.2. The molecule has 2 aliphatic rings. The minimum Gasteiger partial charge on any atom is -0.451 e. The number of carbonyl (C=O) groups is 2. The first-order valence-electron chi connectivity index (χ1n) is 9.55. The molecule has 0 aliphatic carbocycles. The van der Waals surface area contributed by atoms with Gasteiger partial charge in [-0.2, -0.15) is 0 Å². The van der Waals surface area contributed by atoms with Gasteiger partial charge >= 0.3 is 0 Å². The molecule has 0 spiro atoms. The van der Waals surface area contributed by atoms with Gasteiger partial charge in [-0.15, -0.1) is 0 Å². The van der Waals surface area contributed by atoms with Gasteiger partial charge in [-0.05, 0) is 62.1 Å². The van der Waals surface area contributed by atoms with Crippen LogP contribution in [0.2, 0.25) is 5.02 Å². The molecule has 2 saturated heterocycles. The quantitative estimate of drug-likeness (QED) is 0.798. The van der Waals surface area contributed by atoms with E-state index in [4.69, 9.17) is 16.0 Å². The number of hydrogen-bond donors (Lipinski definition) is 0. The Kier molecular flexibility index (Phi) is 5.21. The Balaban J connectivity index is 1.37. The van der Waals surface area contributed by atoms with Crippen LogP contribution in [0.15, 0.2) is 40.8 Å². The normalized spacial score (nSPS) is 18.1. The van der Waals surface area contributed by atoms with Crippen LogP contribution in [0.5, 0.6) is 0 Å². The van der Waals surface area contributed by atoms with Crippen LogP contribution in [0.25, 0.3) is 11.3 Å². The van der Waals surface area contributed by atoms with Gasteiger partial charge in [0.15, 0.2) is 5.76 Å². The zero-order chi connectivity index (χ0) is 18.8. The highest BCUT2D eigenvalue weighted by molar-refractivity contribution is 6.30. The number of nitrogens with zero attached hydrogens (tertiary/aromatic N) is 2. The van der Waals surface area contributed by atoms with Crippen molar-refractivity contribution in [3.63, 3.8) is 0 Å². The number of rotatable bonds is 3. The van der Waals surface area contributed by atoms with Crippen LogP contribution in [-0.4, -0.2) is 47.8 Å². The fourth-order valence-electron chi connectivity index (χ4n) is 3.90. The predicted molar refractivity (Wildman–Crippen MR) is 104 cm³/mol. The van der Waals surface area contributed by atoms with Crippen LogP contribution in [-0.2, 0) is 4.79 Å². The SMILES string of the molecule is O=C(c1ccc(-c2ccc(Cl)cc2)o1)N1CCC(C(=O)N2CCCC2)CC1. The molecule has 3 heterocycles. The third-order valence-electron chi connectivity index (χ3n) is 5.49. The minimum absolute atomic E-state index is 0.0494. The first-order valence-corrected chi connectivity index (χ1v) is 9.93. The van der Waals surface area contributed by atoms with E-state index in [2.05, 4.69) is 0 Å². The van der Waals surface area contributed by atoms with Crippen LogP contribution < -0.4 is 0 Å². The summed E-state index contributed by atoms with van der Waals surface area (Å²) in [6, 6.07) is 10.8. The molecule has 1 aromatic heterocycles. The van der Waals surface area contributed by atoms with Crippen LogP contribution in [0.4, 0.5) is 0 Å². The third kappa shape index (κ3) is 3.88. The molecule has 27 heavy (non-hydrogen) atoms. The van der Waals surface area contributed by atoms with E-state index >= 15 is 0 Å². The molecule has 2 aromatic rings. The minimum atomic E-state index is -0.109. The number of carbonyl (C=O) groups excluding carboxylic acids is 2. The molecule has 0 unspecified atom stereocenters. The van der Waals surface area contributed by atoms with Gasteiger partial charge in [-0.3, -0.25) is 9.59 Å². The Bertz CT molecular complexity index is 816. The van der Waals surface area contributed by atoms with E-state index in [1.807, 2.05) is 17.0 Å². The number of halogens is 1. The maximum atomic E-state index is 12.7. The second kappa shape index (κ2) is 7.77. The van der Waals surface area contributed by atoms with Gasteiger partial charge in [-0.1, -0.05) is 11.6 Å². The summed E-state index contributed by atoms with van der Waals surface area (Å²) in [6.07, 6.45) is 3.67.